The van der Waals surface area contributed by atoms with Crippen molar-refractivity contribution in [2.24, 2.45) is 0 Å². The van der Waals surface area contributed by atoms with E-state index in [1.54, 1.807) is 12.3 Å². The number of nitrogens with zero attached hydrogens (tertiary/aromatic N) is 2. The van der Waals surface area contributed by atoms with Crippen LogP contribution in [0.5, 0.6) is 0 Å². The molecule has 0 radical (unpaired) electrons. The second-order valence-electron chi connectivity index (χ2n) is 5.75. The second kappa shape index (κ2) is 6.20. The molecule has 1 N–H and O–H groups in total. The van der Waals surface area contributed by atoms with E-state index in [0.717, 1.165) is 16.7 Å². The first kappa shape index (κ1) is 15.1. The Bertz CT molecular complexity index is 1150. The minimum absolute atomic E-state index is 0.345. The smallest absolute Gasteiger partial charge is 0.273 e. The average molecular weight is 329 g/mol. The van der Waals surface area contributed by atoms with Crippen LogP contribution in [0.25, 0.3) is 22.2 Å². The summed E-state index contributed by atoms with van der Waals surface area (Å²) in [5.41, 5.74) is 2.14. The first-order valence-corrected chi connectivity index (χ1v) is 7.95. The van der Waals surface area contributed by atoms with E-state index in [0.29, 0.717) is 17.6 Å². The lowest BCUT2D eigenvalue weighted by Gasteiger charge is -2.11. The summed E-state index contributed by atoms with van der Waals surface area (Å²) in [6.45, 7) is 0.345. The van der Waals surface area contributed by atoms with Crippen LogP contribution in [-0.4, -0.2) is 14.5 Å². The van der Waals surface area contributed by atoms with Gasteiger partial charge in [-0.05, 0) is 22.8 Å². The third kappa shape index (κ3) is 2.76. The van der Waals surface area contributed by atoms with Crippen molar-refractivity contribution in [2.45, 2.75) is 6.54 Å². The fourth-order valence-corrected chi connectivity index (χ4v) is 2.97. The molecule has 4 rings (SSSR count). The van der Waals surface area contributed by atoms with Crippen LogP contribution >= 0.6 is 0 Å². The molecule has 0 aliphatic carbocycles. The van der Waals surface area contributed by atoms with Gasteiger partial charge in [0.2, 0.25) is 0 Å². The molecule has 0 atom stereocenters. The van der Waals surface area contributed by atoms with Crippen LogP contribution in [0.4, 0.5) is 0 Å². The van der Waals surface area contributed by atoms with E-state index in [2.05, 4.69) is 9.97 Å². The highest BCUT2D eigenvalue weighted by Gasteiger charge is 2.13. The highest BCUT2D eigenvalue weighted by atomic mass is 16.2. The predicted molar refractivity (Wildman–Crippen MR) is 97.6 cm³/mol. The molecule has 0 amide bonds. The Hall–Kier alpha value is -3.47. The van der Waals surface area contributed by atoms with Crippen molar-refractivity contribution < 1.29 is 0 Å². The van der Waals surface area contributed by atoms with Gasteiger partial charge in [-0.2, -0.15) is 0 Å². The summed E-state index contributed by atoms with van der Waals surface area (Å²) < 4.78 is 1.50. The summed E-state index contributed by atoms with van der Waals surface area (Å²) in [7, 11) is 0. The van der Waals surface area contributed by atoms with Crippen molar-refractivity contribution in [1.29, 1.82) is 0 Å². The van der Waals surface area contributed by atoms with Crippen LogP contribution in [0.15, 0.2) is 82.5 Å². The number of nitrogens with one attached hydrogen (secondary N) is 1. The fourth-order valence-electron chi connectivity index (χ4n) is 2.97. The highest BCUT2D eigenvalue weighted by molar-refractivity contribution is 5.91. The molecule has 2 heterocycles. The summed E-state index contributed by atoms with van der Waals surface area (Å²) in [4.78, 5) is 31.6. The number of benzene rings is 2. The van der Waals surface area contributed by atoms with Crippen molar-refractivity contribution in [3.05, 3.63) is 99.3 Å². The molecule has 0 bridgehead atoms. The molecule has 122 valence electrons. The molecule has 2 aromatic heterocycles. The molecule has 2 aromatic carbocycles. The maximum absolute atomic E-state index is 12.5. The molecule has 0 spiro atoms. The number of aromatic nitrogens is 3. The number of H-pyrrole nitrogens is 1. The van der Waals surface area contributed by atoms with Gasteiger partial charge in [-0.25, -0.2) is 9.78 Å². The number of rotatable bonds is 3. The van der Waals surface area contributed by atoms with Gasteiger partial charge < -0.3 is 0 Å². The molecule has 5 nitrogen and oxygen atoms in total. The number of hydrogen-bond donors (Lipinski definition) is 1. The second-order valence-corrected chi connectivity index (χ2v) is 5.75. The fraction of sp³-hybridized carbons (Fsp3) is 0.0500. The number of aromatic amines is 1. The predicted octanol–water partition coefficient (Wildman–Crippen LogP) is 2.80. The van der Waals surface area contributed by atoms with E-state index >= 15 is 0 Å². The van der Waals surface area contributed by atoms with Gasteiger partial charge in [0.15, 0.2) is 0 Å². The van der Waals surface area contributed by atoms with Crippen molar-refractivity contribution in [2.75, 3.05) is 0 Å². The third-order valence-electron chi connectivity index (χ3n) is 4.15. The topological polar surface area (TPSA) is 67.8 Å². The number of hydrogen-bond acceptors (Lipinski definition) is 3. The molecular formula is C20H15N3O2. The zero-order chi connectivity index (χ0) is 17.2. The summed E-state index contributed by atoms with van der Waals surface area (Å²) in [6.07, 6.45) is 1.63. The summed E-state index contributed by atoms with van der Waals surface area (Å²) >= 11 is 0. The van der Waals surface area contributed by atoms with E-state index in [9.17, 15) is 9.59 Å². The maximum Gasteiger partial charge on any atom is 0.330 e. The lowest BCUT2D eigenvalue weighted by atomic mass is 10.0. The van der Waals surface area contributed by atoms with Crippen LogP contribution in [0.2, 0.25) is 0 Å². The standard InChI is InChI=1S/C20H15N3O2/c24-19-17-16(15-9-5-2-6-10-15)11-12-21-18(17)23(20(25)22-19)13-14-7-3-1-4-8-14/h1-12H,13H2,(H,22,24,25). The van der Waals surface area contributed by atoms with Gasteiger partial charge in [-0.1, -0.05) is 60.7 Å². The van der Waals surface area contributed by atoms with E-state index in [1.807, 2.05) is 60.7 Å². The van der Waals surface area contributed by atoms with Gasteiger partial charge >= 0.3 is 5.69 Å². The lowest BCUT2D eigenvalue weighted by Crippen LogP contribution is -2.31. The molecule has 0 fully saturated rings. The highest BCUT2D eigenvalue weighted by Crippen LogP contribution is 2.24. The van der Waals surface area contributed by atoms with Crippen LogP contribution in [0.1, 0.15) is 5.56 Å². The quantitative estimate of drug-likeness (QED) is 0.628. The summed E-state index contributed by atoms with van der Waals surface area (Å²) in [5, 5.41) is 0.421. The van der Waals surface area contributed by atoms with Gasteiger partial charge in [0, 0.05) is 6.20 Å². The van der Waals surface area contributed by atoms with Gasteiger partial charge in [-0.15, -0.1) is 0 Å². The summed E-state index contributed by atoms with van der Waals surface area (Å²) in [5.74, 6) is 0. The van der Waals surface area contributed by atoms with Crippen molar-refractivity contribution in [1.82, 2.24) is 14.5 Å². The van der Waals surface area contributed by atoms with Gasteiger partial charge in [0.25, 0.3) is 5.56 Å². The Morgan fingerprint density at radius 1 is 0.880 bits per heavy atom. The van der Waals surface area contributed by atoms with Crippen LogP contribution < -0.4 is 11.2 Å². The van der Waals surface area contributed by atoms with E-state index in [4.69, 9.17) is 0 Å². The minimum Gasteiger partial charge on any atom is -0.273 e. The first-order chi connectivity index (χ1) is 12.2. The third-order valence-corrected chi connectivity index (χ3v) is 4.15. The van der Waals surface area contributed by atoms with Crippen LogP contribution in [-0.2, 0) is 6.54 Å². The molecule has 25 heavy (non-hydrogen) atoms. The van der Waals surface area contributed by atoms with Gasteiger partial charge in [-0.3, -0.25) is 14.3 Å². The van der Waals surface area contributed by atoms with Gasteiger partial charge in [0.05, 0.1) is 11.9 Å². The molecule has 0 aliphatic rings. The van der Waals surface area contributed by atoms with Crippen molar-refractivity contribution in [3.63, 3.8) is 0 Å². The van der Waals surface area contributed by atoms with Crippen LogP contribution in [0.3, 0.4) is 0 Å². The minimum atomic E-state index is -0.459. The summed E-state index contributed by atoms with van der Waals surface area (Å²) in [6, 6.07) is 21.0. The van der Waals surface area contributed by atoms with E-state index < -0.39 is 11.2 Å². The molecule has 0 aliphatic heterocycles. The molecule has 0 unspecified atom stereocenters. The Balaban J connectivity index is 1.99. The normalized spacial score (nSPS) is 10.9. The SMILES string of the molecule is O=c1[nH]c(=O)n(Cc2ccccc2)c2nccc(-c3ccccc3)c12. The first-order valence-electron chi connectivity index (χ1n) is 7.95. The molecule has 4 aromatic rings. The average Bonchev–Trinajstić information content (AvgIpc) is 2.66. The Labute approximate surface area is 143 Å². The molecule has 0 saturated heterocycles. The number of fused-ring (bicyclic) bond motifs is 1. The maximum atomic E-state index is 12.5. The Kier molecular flexibility index (Phi) is 3.74. The Morgan fingerprint density at radius 3 is 2.28 bits per heavy atom. The van der Waals surface area contributed by atoms with Crippen LogP contribution in [0, 0.1) is 0 Å². The molecule has 0 saturated carbocycles. The lowest BCUT2D eigenvalue weighted by molar-refractivity contribution is 0.746. The monoisotopic (exact) mass is 329 g/mol. The van der Waals surface area contributed by atoms with E-state index in [1.165, 1.54) is 4.57 Å². The van der Waals surface area contributed by atoms with Crippen molar-refractivity contribution in [3.8, 4) is 11.1 Å². The zero-order valence-corrected chi connectivity index (χ0v) is 13.3. The molecular weight excluding hydrogens is 314 g/mol. The zero-order valence-electron chi connectivity index (χ0n) is 13.3. The van der Waals surface area contributed by atoms with Gasteiger partial charge in [0.1, 0.15) is 5.65 Å². The Morgan fingerprint density at radius 2 is 1.56 bits per heavy atom. The number of pyridine rings is 1. The van der Waals surface area contributed by atoms with E-state index in [-0.39, 0.29) is 0 Å². The van der Waals surface area contributed by atoms with Crippen molar-refractivity contribution >= 4 is 11.0 Å². The largest absolute Gasteiger partial charge is 0.330 e. The molecule has 5 heteroatoms.